The zero-order chi connectivity index (χ0) is 10.1. The largest absolute Gasteiger partial charge is 0.370 e. The van der Waals surface area contributed by atoms with E-state index in [0.717, 1.165) is 5.92 Å². The van der Waals surface area contributed by atoms with Gasteiger partial charge in [0, 0.05) is 21.1 Å². The van der Waals surface area contributed by atoms with Crippen molar-refractivity contribution in [3.63, 3.8) is 0 Å². The van der Waals surface area contributed by atoms with Crippen molar-refractivity contribution in [1.29, 1.82) is 0 Å². The molecule has 1 heterocycles. The third kappa shape index (κ3) is 2.08. The van der Waals surface area contributed by atoms with Gasteiger partial charge in [0.1, 0.15) is 0 Å². The monoisotopic (exact) mass is 365 g/mol. The van der Waals surface area contributed by atoms with Crippen LogP contribution >= 0.6 is 38.5 Å². The minimum atomic E-state index is 0.903. The molecule has 0 aliphatic carbocycles. The Bertz CT molecular complexity index is 334. The number of anilines is 1. The predicted molar refractivity (Wildman–Crippen MR) is 72.9 cm³/mol. The van der Waals surface area contributed by atoms with Crippen molar-refractivity contribution in [3.05, 3.63) is 26.2 Å². The molecule has 1 fully saturated rings. The second-order valence-electron chi connectivity index (χ2n) is 3.77. The van der Waals surface area contributed by atoms with Gasteiger partial charge >= 0.3 is 0 Å². The highest BCUT2D eigenvalue weighted by Crippen LogP contribution is 2.33. The van der Waals surface area contributed by atoms with Crippen LogP contribution in [0.3, 0.4) is 0 Å². The molecule has 0 spiro atoms. The molecule has 2 rings (SSSR count). The fraction of sp³-hybridized carbons (Fsp3) is 0.455. The quantitative estimate of drug-likeness (QED) is 0.718. The summed E-state index contributed by atoms with van der Waals surface area (Å²) in [6.45, 7) is 4.70. The van der Waals surface area contributed by atoms with E-state index in [9.17, 15) is 0 Å². The van der Waals surface area contributed by atoms with E-state index in [1.807, 2.05) is 0 Å². The summed E-state index contributed by atoms with van der Waals surface area (Å²) in [5.74, 6) is 0.903. The van der Waals surface area contributed by atoms with Gasteiger partial charge in [0.2, 0.25) is 0 Å². The maximum absolute atomic E-state index is 3.60. The average Bonchev–Trinajstić information content (AvgIpc) is 2.09. The number of benzene rings is 1. The van der Waals surface area contributed by atoms with Gasteiger partial charge in [-0.1, -0.05) is 6.92 Å². The lowest BCUT2D eigenvalue weighted by atomic mass is 9.97. The molecule has 1 aliphatic rings. The topological polar surface area (TPSA) is 3.24 Å². The number of halogens is 2. The van der Waals surface area contributed by atoms with E-state index >= 15 is 0 Å². The fourth-order valence-electron chi connectivity index (χ4n) is 1.75. The van der Waals surface area contributed by atoms with Gasteiger partial charge in [-0.05, 0) is 69.1 Å². The predicted octanol–water partition coefficient (Wildman–Crippen LogP) is 3.90. The molecule has 14 heavy (non-hydrogen) atoms. The minimum Gasteiger partial charge on any atom is -0.370 e. The third-order valence-electron chi connectivity index (χ3n) is 2.78. The van der Waals surface area contributed by atoms with E-state index in [1.165, 1.54) is 33.2 Å². The first-order valence-electron chi connectivity index (χ1n) is 4.90. The number of rotatable bonds is 2. The highest BCUT2D eigenvalue weighted by molar-refractivity contribution is 14.1. The molecule has 1 saturated heterocycles. The fourth-order valence-corrected chi connectivity index (χ4v) is 2.73. The van der Waals surface area contributed by atoms with Crippen molar-refractivity contribution >= 4 is 44.2 Å². The molecule has 0 saturated carbocycles. The number of hydrogen-bond donors (Lipinski definition) is 0. The van der Waals surface area contributed by atoms with Crippen LogP contribution in [-0.2, 0) is 0 Å². The zero-order valence-corrected chi connectivity index (χ0v) is 11.9. The van der Waals surface area contributed by atoms with Gasteiger partial charge in [0.25, 0.3) is 0 Å². The van der Waals surface area contributed by atoms with Crippen LogP contribution < -0.4 is 4.90 Å². The summed E-state index contributed by atoms with van der Waals surface area (Å²) in [6.07, 6.45) is 1.30. The summed E-state index contributed by atoms with van der Waals surface area (Å²) in [4.78, 5) is 2.44. The lowest BCUT2D eigenvalue weighted by Crippen LogP contribution is -2.46. The van der Waals surface area contributed by atoms with E-state index < -0.39 is 0 Å². The molecule has 0 atom stereocenters. The van der Waals surface area contributed by atoms with Gasteiger partial charge in [-0.2, -0.15) is 0 Å². The average molecular weight is 366 g/mol. The molecule has 1 aliphatic heterocycles. The van der Waals surface area contributed by atoms with E-state index in [-0.39, 0.29) is 0 Å². The first-order chi connectivity index (χ1) is 6.70. The highest BCUT2D eigenvalue weighted by Gasteiger charge is 2.26. The summed E-state index contributed by atoms with van der Waals surface area (Å²) in [5, 5.41) is 0. The molecule has 0 amide bonds. The maximum Gasteiger partial charge on any atom is 0.0521 e. The molecule has 1 aromatic carbocycles. The standard InChI is InChI=1S/C11H13BrIN/c1-2-8-6-14(7-8)11-5-9(13)3-4-10(11)12/h3-5,8H,2,6-7H2,1H3. The molecule has 76 valence electrons. The second-order valence-corrected chi connectivity index (χ2v) is 5.87. The number of nitrogens with zero attached hydrogens (tertiary/aromatic N) is 1. The Hall–Kier alpha value is 0.230. The Morgan fingerprint density at radius 1 is 1.50 bits per heavy atom. The van der Waals surface area contributed by atoms with Crippen molar-refractivity contribution in [1.82, 2.24) is 0 Å². The molecule has 0 unspecified atom stereocenters. The van der Waals surface area contributed by atoms with Crippen LogP contribution in [0.2, 0.25) is 0 Å². The maximum atomic E-state index is 3.60. The lowest BCUT2D eigenvalue weighted by molar-refractivity contribution is 0.398. The molecule has 0 aromatic heterocycles. The SMILES string of the molecule is CCC1CN(c2cc(I)ccc2Br)C1. The van der Waals surface area contributed by atoms with E-state index in [4.69, 9.17) is 0 Å². The normalized spacial score (nSPS) is 16.9. The Morgan fingerprint density at radius 2 is 2.21 bits per heavy atom. The summed E-state index contributed by atoms with van der Waals surface area (Å²) >= 11 is 5.97. The molecule has 1 aromatic rings. The molecule has 0 radical (unpaired) electrons. The van der Waals surface area contributed by atoms with Crippen LogP contribution in [0.5, 0.6) is 0 Å². The highest BCUT2D eigenvalue weighted by atomic mass is 127. The summed E-state index contributed by atoms with van der Waals surface area (Å²) in [6, 6.07) is 6.51. The van der Waals surface area contributed by atoms with Crippen molar-refractivity contribution in [2.24, 2.45) is 5.92 Å². The van der Waals surface area contributed by atoms with Crippen molar-refractivity contribution in [3.8, 4) is 0 Å². The molecular formula is C11H13BrIN. The third-order valence-corrected chi connectivity index (χ3v) is 4.12. The smallest absolute Gasteiger partial charge is 0.0521 e. The van der Waals surface area contributed by atoms with Gasteiger partial charge in [0.15, 0.2) is 0 Å². The van der Waals surface area contributed by atoms with Crippen molar-refractivity contribution in [2.45, 2.75) is 13.3 Å². The van der Waals surface area contributed by atoms with Gasteiger partial charge in [-0.15, -0.1) is 0 Å². The van der Waals surface area contributed by atoms with Crippen LogP contribution in [0.25, 0.3) is 0 Å². The zero-order valence-electron chi connectivity index (χ0n) is 8.13. The van der Waals surface area contributed by atoms with E-state index in [0.29, 0.717) is 0 Å². The van der Waals surface area contributed by atoms with Gasteiger partial charge in [0.05, 0.1) is 5.69 Å². The van der Waals surface area contributed by atoms with Crippen LogP contribution in [0, 0.1) is 9.49 Å². The Kier molecular flexibility index (Phi) is 3.37. The van der Waals surface area contributed by atoms with Crippen LogP contribution in [-0.4, -0.2) is 13.1 Å². The van der Waals surface area contributed by atoms with Gasteiger partial charge in [-0.25, -0.2) is 0 Å². The Balaban J connectivity index is 2.13. The van der Waals surface area contributed by atoms with E-state index in [2.05, 4.69) is 68.5 Å². The minimum absolute atomic E-state index is 0.903. The summed E-state index contributed by atoms with van der Waals surface area (Å²) in [5.41, 5.74) is 1.35. The molecular weight excluding hydrogens is 353 g/mol. The van der Waals surface area contributed by atoms with Crippen LogP contribution in [0.1, 0.15) is 13.3 Å². The molecule has 3 heteroatoms. The summed E-state index contributed by atoms with van der Waals surface area (Å²) in [7, 11) is 0. The molecule has 0 bridgehead atoms. The lowest BCUT2D eigenvalue weighted by Gasteiger charge is -2.41. The first kappa shape index (κ1) is 10.7. The van der Waals surface area contributed by atoms with Crippen LogP contribution in [0.15, 0.2) is 22.7 Å². The Morgan fingerprint density at radius 3 is 2.86 bits per heavy atom. The van der Waals surface area contributed by atoms with Gasteiger partial charge < -0.3 is 4.90 Å². The van der Waals surface area contributed by atoms with Crippen LogP contribution in [0.4, 0.5) is 5.69 Å². The number of hydrogen-bond acceptors (Lipinski definition) is 1. The van der Waals surface area contributed by atoms with Crippen molar-refractivity contribution < 1.29 is 0 Å². The first-order valence-corrected chi connectivity index (χ1v) is 6.78. The summed E-state index contributed by atoms with van der Waals surface area (Å²) < 4.78 is 2.52. The van der Waals surface area contributed by atoms with E-state index in [1.54, 1.807) is 0 Å². The van der Waals surface area contributed by atoms with Gasteiger partial charge in [-0.3, -0.25) is 0 Å². The molecule has 0 N–H and O–H groups in total. The second kappa shape index (κ2) is 4.39. The Labute approximate surface area is 107 Å². The molecule has 1 nitrogen and oxygen atoms in total. The van der Waals surface area contributed by atoms with Crippen molar-refractivity contribution in [2.75, 3.05) is 18.0 Å².